The van der Waals surface area contributed by atoms with Crippen LogP contribution in [-0.2, 0) is 52.7 Å². The third-order valence-electron chi connectivity index (χ3n) is 17.0. The van der Waals surface area contributed by atoms with Crippen LogP contribution >= 0.6 is 0 Å². The highest BCUT2D eigenvalue weighted by atomic mass is 16.6. The molecule has 1 aliphatic rings. The van der Waals surface area contributed by atoms with E-state index in [-0.39, 0.29) is 49.9 Å². The fourth-order valence-corrected chi connectivity index (χ4v) is 11.3. The second-order valence-electron chi connectivity index (χ2n) is 27.5. The highest BCUT2D eigenvalue weighted by Gasteiger charge is 2.47. The van der Waals surface area contributed by atoms with E-state index in [1.165, 1.54) is 98.7 Å². The summed E-state index contributed by atoms with van der Waals surface area (Å²) in [6, 6.07) is -15.5. The predicted octanol–water partition coefficient (Wildman–Crippen LogP) is 2.42. The van der Waals surface area contributed by atoms with Crippen LogP contribution in [0.15, 0.2) is 12.2 Å². The van der Waals surface area contributed by atoms with E-state index in [1.807, 2.05) is 41.5 Å². The lowest BCUT2D eigenvalue weighted by Gasteiger charge is -2.41. The van der Waals surface area contributed by atoms with E-state index in [1.54, 1.807) is 53.7 Å². The molecular formula is C64H114N12O15. The number of hydrogen-bond acceptors (Lipinski definition) is 15. The first-order chi connectivity index (χ1) is 41.8. The zero-order chi connectivity index (χ0) is 70.8. The fraction of sp³-hybridized carbons (Fsp3) is 0.797. The Bertz CT molecular complexity index is 2550. The number of nitrogens with zero attached hydrogens (tertiary/aromatic N) is 8. The molecule has 27 nitrogen and oxygen atoms in total. The van der Waals surface area contributed by atoms with Gasteiger partial charge in [0.05, 0.1) is 11.7 Å². The number of nitro groups is 1. The van der Waals surface area contributed by atoms with E-state index in [0.29, 0.717) is 0 Å². The summed E-state index contributed by atoms with van der Waals surface area (Å²) in [5.41, 5.74) is -1.68. The molecule has 0 aromatic heterocycles. The molecule has 27 heteroatoms. The van der Waals surface area contributed by atoms with Crippen LogP contribution in [0.3, 0.4) is 0 Å². The number of carbonyl (C=O) groups excluding carboxylic acids is 11. The molecule has 0 radical (unpaired) electrons. The van der Waals surface area contributed by atoms with Gasteiger partial charge in [0.25, 0.3) is 0 Å². The molecule has 1 aliphatic heterocycles. The number of aliphatic hydroxyl groups excluding tert-OH is 1. The topological polar surface area (TPSA) is 342 Å². The molecule has 0 unspecified atom stereocenters. The van der Waals surface area contributed by atoms with E-state index < -0.39 is 185 Å². The summed E-state index contributed by atoms with van der Waals surface area (Å²) >= 11 is 0. The lowest BCUT2D eigenvalue weighted by atomic mass is 9.91. The summed E-state index contributed by atoms with van der Waals surface area (Å²) in [4.78, 5) is 181. The highest BCUT2D eigenvalue weighted by Crippen LogP contribution is 2.26. The maximum absolute atomic E-state index is 15.2. The van der Waals surface area contributed by atoms with Crippen molar-refractivity contribution in [2.24, 2.45) is 35.5 Å². The Labute approximate surface area is 541 Å². The minimum atomic E-state index is -1.74. The van der Waals surface area contributed by atoms with Crippen LogP contribution in [0.1, 0.15) is 163 Å². The summed E-state index contributed by atoms with van der Waals surface area (Å²) in [6.45, 7) is 27.3. The second-order valence-corrected chi connectivity index (χ2v) is 27.5. The van der Waals surface area contributed by atoms with Gasteiger partial charge in [0.2, 0.25) is 71.5 Å². The van der Waals surface area contributed by atoms with Gasteiger partial charge in [-0.2, -0.15) is 0 Å². The molecule has 0 aliphatic carbocycles. The monoisotopic (exact) mass is 1290 g/mol. The van der Waals surface area contributed by atoms with Gasteiger partial charge < -0.3 is 65.8 Å². The normalized spacial score (nSPS) is 26.8. The Morgan fingerprint density at radius 3 is 1.38 bits per heavy atom. The Morgan fingerprint density at radius 1 is 0.516 bits per heavy atom. The van der Waals surface area contributed by atoms with E-state index in [4.69, 9.17) is 0 Å². The first-order valence-electron chi connectivity index (χ1n) is 32.0. The molecule has 0 bridgehead atoms. The van der Waals surface area contributed by atoms with Crippen molar-refractivity contribution in [3.8, 4) is 0 Å². The molecule has 0 spiro atoms. The van der Waals surface area contributed by atoms with Gasteiger partial charge in [0, 0.05) is 67.1 Å². The molecule has 1 heterocycles. The number of rotatable bonds is 18. The Hall–Kier alpha value is -6.77. The van der Waals surface area contributed by atoms with Gasteiger partial charge in [-0.15, -0.1) is 0 Å². The number of hydrogen-bond donors (Lipinski definition) is 6. The summed E-state index contributed by atoms with van der Waals surface area (Å²) in [6.07, 6.45) is 1.21. The Morgan fingerprint density at radius 2 is 0.934 bits per heavy atom. The molecule has 13 atom stereocenters. The van der Waals surface area contributed by atoms with Crippen molar-refractivity contribution in [3.63, 3.8) is 0 Å². The zero-order valence-electron chi connectivity index (χ0n) is 59.0. The number of likely N-dealkylation sites (N-methyl/N-ethyl adjacent to an activating group) is 7. The van der Waals surface area contributed by atoms with Gasteiger partial charge in [0.1, 0.15) is 66.5 Å². The molecule has 11 amide bonds. The average molecular weight is 1290 g/mol. The number of nitrogens with one attached hydrogen (secondary N) is 4. The molecular weight excluding hydrogens is 1180 g/mol. The van der Waals surface area contributed by atoms with Gasteiger partial charge in [-0.3, -0.25) is 62.9 Å². The number of amides is 11. The average Bonchev–Trinajstić information content (AvgIpc) is 0.888. The van der Waals surface area contributed by atoms with Crippen molar-refractivity contribution >= 4 is 65.0 Å². The van der Waals surface area contributed by atoms with Crippen LogP contribution in [0.5, 0.6) is 0 Å². The molecule has 6 N–H and O–H groups in total. The fourth-order valence-electron chi connectivity index (χ4n) is 11.3. The van der Waals surface area contributed by atoms with Crippen molar-refractivity contribution < 1.29 is 67.9 Å². The standard InChI is InChI=1S/C64H114N12O15/c1-25-27-28-40(13)52(77)51-56(81)67-43(26-2)58(83)69(18)44(29-30-76(90)91)59(84)73(22)48(34-64(16,17)89)55(80)68-49(38(9)10)62(87)70(19)45(31-35(3)4)54(79)65-41(14)53(78)66-42(15)57(82)71(20)46(32-36(5)6)60(85)72(21)47(33-37(7)8)61(86)74(23)50(39(11)12)63(88)75(51)24/h25,27,35-52,77,89H,26,28-34H2,1-24H3,(H,65,79)(H,66,78)(H,67,81)(H,68,80)/t40-,41+,42-,43+,44-,45+,46+,47+,48+,49+,50+,51+,52-/m1/s1. The molecule has 0 aromatic carbocycles. The molecule has 0 saturated carbocycles. The largest absolute Gasteiger partial charge is 0.390 e. The third kappa shape index (κ3) is 23.4. The first-order valence-corrected chi connectivity index (χ1v) is 32.0. The van der Waals surface area contributed by atoms with E-state index in [2.05, 4.69) is 21.3 Å². The summed E-state index contributed by atoms with van der Waals surface area (Å²) in [7, 11) is 9.26. The Kier molecular flexibility index (Phi) is 33.0. The number of allylic oxidation sites excluding steroid dienone is 2. The summed E-state index contributed by atoms with van der Waals surface area (Å²) in [5, 5.41) is 46.1. The molecule has 1 rings (SSSR count). The van der Waals surface area contributed by atoms with Gasteiger partial charge in [-0.25, -0.2) is 0 Å². The van der Waals surface area contributed by atoms with Crippen LogP contribution in [0.2, 0.25) is 0 Å². The van der Waals surface area contributed by atoms with Gasteiger partial charge >= 0.3 is 0 Å². The third-order valence-corrected chi connectivity index (χ3v) is 17.0. The van der Waals surface area contributed by atoms with Crippen molar-refractivity contribution in [2.75, 3.05) is 55.9 Å². The van der Waals surface area contributed by atoms with Crippen LogP contribution in [0.25, 0.3) is 0 Å². The van der Waals surface area contributed by atoms with Crippen LogP contribution < -0.4 is 21.3 Å². The molecule has 1 fully saturated rings. The molecule has 0 aromatic rings. The number of aliphatic hydroxyl groups is 2. The predicted molar refractivity (Wildman–Crippen MR) is 345 cm³/mol. The second kappa shape index (κ2) is 36.5. The van der Waals surface area contributed by atoms with Crippen molar-refractivity contribution in [1.82, 2.24) is 55.6 Å². The lowest BCUT2D eigenvalue weighted by molar-refractivity contribution is -0.481. The maximum atomic E-state index is 15.2. The van der Waals surface area contributed by atoms with Crippen LogP contribution in [0, 0.1) is 45.6 Å². The van der Waals surface area contributed by atoms with E-state index in [0.717, 1.165) is 19.6 Å². The lowest BCUT2D eigenvalue weighted by Crippen LogP contribution is -2.64. The van der Waals surface area contributed by atoms with Crippen LogP contribution in [0.4, 0.5) is 0 Å². The molecule has 1 saturated heterocycles. The first kappa shape index (κ1) is 82.2. The minimum absolute atomic E-state index is 0.0749. The highest BCUT2D eigenvalue weighted by molar-refractivity contribution is 6.00. The summed E-state index contributed by atoms with van der Waals surface area (Å²) in [5.74, 6) is -11.6. The van der Waals surface area contributed by atoms with E-state index in [9.17, 15) is 53.9 Å². The smallest absolute Gasteiger partial charge is 0.246 e. The summed E-state index contributed by atoms with van der Waals surface area (Å²) < 4.78 is 0. The van der Waals surface area contributed by atoms with Gasteiger partial charge in [0.15, 0.2) is 0 Å². The van der Waals surface area contributed by atoms with E-state index >= 15 is 19.2 Å². The van der Waals surface area contributed by atoms with Gasteiger partial charge in [-0.05, 0) is 102 Å². The minimum Gasteiger partial charge on any atom is -0.390 e. The number of carbonyl (C=O) groups is 11. The van der Waals surface area contributed by atoms with Gasteiger partial charge in [-0.1, -0.05) is 95.2 Å². The van der Waals surface area contributed by atoms with Crippen molar-refractivity contribution in [3.05, 3.63) is 22.3 Å². The maximum Gasteiger partial charge on any atom is 0.246 e. The zero-order valence-corrected chi connectivity index (χ0v) is 59.0. The van der Waals surface area contributed by atoms with Crippen LogP contribution in [-0.4, -0.2) is 248 Å². The molecule has 520 valence electrons. The SMILES string of the molecule is CC=CC[C@@H](C)[C@@H](O)[C@H]1C(=O)N[C@@H](CC)C(=O)N(C)[C@H](CC[N+](=O)[O-])C(=O)N(C)[C@@H](CC(C)(C)O)C(=O)N[C@@H](C(C)C)C(=O)N(C)[C@@H](CC(C)C)C(=O)N[C@@H](C)C(=O)N[C@H](C)C(=O)N(C)[C@@H](CC(C)C)C(=O)N(C)[C@@H](CC(C)C)C(=O)N(C)[C@@H](C(C)C)C(=O)N1C. The quantitative estimate of drug-likeness (QED) is 0.0652. The Balaban J connectivity index is 4.54. The molecule has 91 heavy (non-hydrogen) atoms. The van der Waals surface area contributed by atoms with Crippen molar-refractivity contribution in [2.45, 2.75) is 241 Å². The van der Waals surface area contributed by atoms with Crippen molar-refractivity contribution in [1.29, 1.82) is 0 Å².